The van der Waals surface area contributed by atoms with Gasteiger partial charge in [0.15, 0.2) is 0 Å². The highest BCUT2D eigenvalue weighted by Crippen LogP contribution is 2.10. The zero-order chi connectivity index (χ0) is 13.0. The van der Waals surface area contributed by atoms with Gasteiger partial charge < -0.3 is 10.6 Å². The number of hydrogen-bond donors (Lipinski definition) is 2. The number of anilines is 1. The fourth-order valence-corrected chi connectivity index (χ4v) is 2.17. The molecule has 1 saturated heterocycles. The topological polar surface area (TPSA) is 57.3 Å². The molecule has 0 aliphatic carbocycles. The largest absolute Gasteiger partial charge is 0.314 e. The number of piperazine rings is 1. The molecule has 0 spiro atoms. The SMILES string of the molecule is C[C@H]1CNCCN1CC(=O)Nc1ccc(Br)cn1.Cl.Cl. The highest BCUT2D eigenvalue weighted by molar-refractivity contribution is 9.10. The van der Waals surface area contributed by atoms with Crippen LogP contribution in [0.2, 0.25) is 0 Å². The van der Waals surface area contributed by atoms with E-state index in [2.05, 4.69) is 43.4 Å². The Morgan fingerprint density at radius 1 is 1.55 bits per heavy atom. The third-order valence-corrected chi connectivity index (χ3v) is 3.45. The fraction of sp³-hybridized carbons (Fsp3) is 0.500. The lowest BCUT2D eigenvalue weighted by Gasteiger charge is -2.33. The number of carbonyl (C=O) groups excluding carboxylic acids is 1. The van der Waals surface area contributed by atoms with E-state index < -0.39 is 0 Å². The lowest BCUT2D eigenvalue weighted by Crippen LogP contribution is -2.52. The van der Waals surface area contributed by atoms with Crippen molar-refractivity contribution in [1.82, 2.24) is 15.2 Å². The molecule has 0 aromatic carbocycles. The fourth-order valence-electron chi connectivity index (χ4n) is 1.93. The molecule has 1 aromatic rings. The molecule has 1 aromatic heterocycles. The van der Waals surface area contributed by atoms with E-state index in [-0.39, 0.29) is 30.7 Å². The molecule has 5 nitrogen and oxygen atoms in total. The summed E-state index contributed by atoms with van der Waals surface area (Å²) < 4.78 is 0.899. The number of aromatic nitrogens is 1. The number of hydrogen-bond acceptors (Lipinski definition) is 4. The van der Waals surface area contributed by atoms with Crippen LogP contribution in [0.4, 0.5) is 5.82 Å². The molecular formula is C12H19BrCl2N4O. The molecule has 1 aliphatic rings. The maximum Gasteiger partial charge on any atom is 0.239 e. The van der Waals surface area contributed by atoms with Crippen LogP contribution < -0.4 is 10.6 Å². The third-order valence-electron chi connectivity index (χ3n) is 2.98. The van der Waals surface area contributed by atoms with Crippen molar-refractivity contribution in [1.29, 1.82) is 0 Å². The Bertz CT molecular complexity index is 418. The van der Waals surface area contributed by atoms with E-state index in [1.54, 1.807) is 12.3 Å². The van der Waals surface area contributed by atoms with Gasteiger partial charge in [-0.3, -0.25) is 9.69 Å². The van der Waals surface area contributed by atoms with E-state index in [0.717, 1.165) is 24.1 Å². The van der Waals surface area contributed by atoms with Crippen LogP contribution >= 0.6 is 40.7 Å². The number of pyridine rings is 1. The van der Waals surface area contributed by atoms with Crippen LogP contribution in [0.5, 0.6) is 0 Å². The molecule has 20 heavy (non-hydrogen) atoms. The molecule has 2 rings (SSSR count). The van der Waals surface area contributed by atoms with E-state index in [1.165, 1.54) is 0 Å². The monoisotopic (exact) mass is 384 g/mol. The molecule has 114 valence electrons. The van der Waals surface area contributed by atoms with Crippen molar-refractivity contribution in [2.45, 2.75) is 13.0 Å². The van der Waals surface area contributed by atoms with Crippen molar-refractivity contribution in [3.05, 3.63) is 22.8 Å². The second kappa shape index (κ2) is 9.52. The predicted octanol–water partition coefficient (Wildman–Crippen LogP) is 1.92. The first-order valence-corrected chi connectivity index (χ1v) is 6.80. The second-order valence-electron chi connectivity index (χ2n) is 4.43. The smallest absolute Gasteiger partial charge is 0.239 e. The predicted molar refractivity (Wildman–Crippen MR) is 89.0 cm³/mol. The quantitative estimate of drug-likeness (QED) is 0.834. The minimum Gasteiger partial charge on any atom is -0.314 e. The second-order valence-corrected chi connectivity index (χ2v) is 5.35. The number of amides is 1. The van der Waals surface area contributed by atoms with Crippen LogP contribution in [0, 0.1) is 0 Å². The van der Waals surface area contributed by atoms with Gasteiger partial charge in [-0.1, -0.05) is 0 Å². The Labute approximate surface area is 139 Å². The summed E-state index contributed by atoms with van der Waals surface area (Å²) in [6, 6.07) is 4.03. The van der Waals surface area contributed by atoms with Crippen LogP contribution in [0.25, 0.3) is 0 Å². The van der Waals surface area contributed by atoms with Gasteiger partial charge >= 0.3 is 0 Å². The van der Waals surface area contributed by atoms with Crippen molar-refractivity contribution in [3.8, 4) is 0 Å². The van der Waals surface area contributed by atoms with E-state index >= 15 is 0 Å². The maximum atomic E-state index is 11.9. The lowest BCUT2D eigenvalue weighted by atomic mass is 10.2. The normalized spacial score (nSPS) is 18.6. The van der Waals surface area contributed by atoms with Gasteiger partial charge in [0.05, 0.1) is 6.54 Å². The van der Waals surface area contributed by atoms with Gasteiger partial charge in [0.25, 0.3) is 0 Å². The van der Waals surface area contributed by atoms with Crippen LogP contribution in [-0.2, 0) is 4.79 Å². The van der Waals surface area contributed by atoms with Gasteiger partial charge in [0, 0.05) is 36.3 Å². The van der Waals surface area contributed by atoms with Crippen LogP contribution in [0.3, 0.4) is 0 Å². The van der Waals surface area contributed by atoms with Crippen LogP contribution in [0.15, 0.2) is 22.8 Å². The number of nitrogens with zero attached hydrogens (tertiary/aromatic N) is 2. The summed E-state index contributed by atoms with van der Waals surface area (Å²) in [6.45, 7) is 5.32. The zero-order valence-corrected chi connectivity index (χ0v) is 14.4. The Hall–Kier alpha value is -0.400. The molecule has 0 radical (unpaired) electrons. The molecule has 2 N–H and O–H groups in total. The van der Waals surface area contributed by atoms with Gasteiger partial charge in [-0.2, -0.15) is 0 Å². The number of halogens is 3. The number of rotatable bonds is 3. The Morgan fingerprint density at radius 3 is 2.90 bits per heavy atom. The van der Waals surface area contributed by atoms with Gasteiger partial charge in [0.2, 0.25) is 5.91 Å². The van der Waals surface area contributed by atoms with E-state index in [1.807, 2.05) is 6.07 Å². The van der Waals surface area contributed by atoms with Gasteiger partial charge in [-0.05, 0) is 35.0 Å². The standard InChI is InChI=1S/C12H17BrN4O.2ClH/c1-9-6-14-4-5-17(9)8-12(18)16-11-3-2-10(13)7-15-11;;/h2-3,7,9,14H,4-6,8H2,1H3,(H,15,16,18);2*1H/t9-;;/m0../s1. The van der Waals surface area contributed by atoms with Gasteiger partial charge in [0.1, 0.15) is 5.82 Å². The maximum absolute atomic E-state index is 11.9. The molecule has 1 fully saturated rings. The summed E-state index contributed by atoms with van der Waals surface area (Å²) in [6.07, 6.45) is 1.67. The summed E-state index contributed by atoms with van der Waals surface area (Å²) >= 11 is 3.31. The highest BCUT2D eigenvalue weighted by Gasteiger charge is 2.20. The van der Waals surface area contributed by atoms with E-state index in [0.29, 0.717) is 18.4 Å². The molecule has 2 heterocycles. The average Bonchev–Trinajstić information content (AvgIpc) is 2.35. The third kappa shape index (κ3) is 5.93. The first kappa shape index (κ1) is 19.6. The van der Waals surface area contributed by atoms with Crippen molar-refractivity contribution in [2.24, 2.45) is 0 Å². The molecule has 0 unspecified atom stereocenters. The summed E-state index contributed by atoms with van der Waals surface area (Å²) in [4.78, 5) is 18.2. The minimum absolute atomic E-state index is 0. The number of nitrogens with one attached hydrogen (secondary N) is 2. The molecule has 8 heteroatoms. The van der Waals surface area contributed by atoms with Crippen molar-refractivity contribution >= 4 is 52.5 Å². The molecule has 1 amide bonds. The number of carbonyl (C=O) groups is 1. The van der Waals surface area contributed by atoms with E-state index in [9.17, 15) is 4.79 Å². The van der Waals surface area contributed by atoms with Crippen LogP contribution in [-0.4, -0.2) is 48.0 Å². The Morgan fingerprint density at radius 2 is 2.30 bits per heavy atom. The average molecular weight is 386 g/mol. The summed E-state index contributed by atoms with van der Waals surface area (Å²) in [5.41, 5.74) is 0. The molecular weight excluding hydrogens is 367 g/mol. The summed E-state index contributed by atoms with van der Waals surface area (Å²) in [5, 5.41) is 6.11. The molecule has 0 saturated carbocycles. The first-order valence-electron chi connectivity index (χ1n) is 6.01. The summed E-state index contributed by atoms with van der Waals surface area (Å²) in [5.74, 6) is 0.574. The lowest BCUT2D eigenvalue weighted by molar-refractivity contribution is -0.118. The van der Waals surface area contributed by atoms with Gasteiger partial charge in [-0.25, -0.2) is 4.98 Å². The minimum atomic E-state index is -0.0152. The van der Waals surface area contributed by atoms with E-state index in [4.69, 9.17) is 0 Å². The Kier molecular flexibility index (Phi) is 9.33. The van der Waals surface area contributed by atoms with Crippen molar-refractivity contribution in [2.75, 3.05) is 31.5 Å². The molecule has 1 aliphatic heterocycles. The summed E-state index contributed by atoms with van der Waals surface area (Å²) in [7, 11) is 0. The van der Waals surface area contributed by atoms with Crippen LogP contribution in [0.1, 0.15) is 6.92 Å². The molecule has 0 bridgehead atoms. The Balaban J connectivity index is 0.00000180. The van der Waals surface area contributed by atoms with Crippen molar-refractivity contribution < 1.29 is 4.79 Å². The first-order chi connectivity index (χ1) is 8.65. The highest BCUT2D eigenvalue weighted by atomic mass is 79.9. The molecule has 1 atom stereocenters. The zero-order valence-electron chi connectivity index (χ0n) is 11.1. The van der Waals surface area contributed by atoms with Crippen molar-refractivity contribution in [3.63, 3.8) is 0 Å². The van der Waals surface area contributed by atoms with Gasteiger partial charge in [-0.15, -0.1) is 24.8 Å².